The van der Waals surface area contributed by atoms with Crippen molar-refractivity contribution in [3.8, 4) is 0 Å². The lowest BCUT2D eigenvalue weighted by Crippen LogP contribution is -2.71. The van der Waals surface area contributed by atoms with Crippen LogP contribution in [0.3, 0.4) is 0 Å². The standard InChI is InChI=1S/C18H25F13N2O4S/c1-4-8-32(9-7-10-33(5-2,6-3)11-12(34)35)38(36,37)18(30,31)16(25,26)14(21,22)13(19,20)15(23,24)17(27,28)29/h4-11H2,1-3H3/p+1. The number of aliphatic carboxylic acids is 1. The van der Waals surface area contributed by atoms with Crippen molar-refractivity contribution in [2.75, 3.05) is 39.3 Å². The fourth-order valence-corrected chi connectivity index (χ4v) is 4.96. The molecule has 0 aliphatic carbocycles. The van der Waals surface area contributed by atoms with E-state index in [0.717, 1.165) is 6.92 Å². The lowest BCUT2D eigenvalue weighted by Gasteiger charge is -2.40. The van der Waals surface area contributed by atoms with Gasteiger partial charge in [-0.1, -0.05) is 6.92 Å². The van der Waals surface area contributed by atoms with E-state index in [2.05, 4.69) is 0 Å². The van der Waals surface area contributed by atoms with Crippen molar-refractivity contribution in [2.24, 2.45) is 0 Å². The summed E-state index contributed by atoms with van der Waals surface area (Å²) in [6.45, 7) is 1.21. The molecule has 0 saturated heterocycles. The van der Waals surface area contributed by atoms with Gasteiger partial charge in [0.25, 0.3) is 10.0 Å². The fourth-order valence-electron chi connectivity index (χ4n) is 3.39. The molecule has 0 heterocycles. The number of carbonyl (C=O) groups is 1. The summed E-state index contributed by atoms with van der Waals surface area (Å²) in [5.41, 5.74) is 0. The molecule has 0 spiro atoms. The summed E-state index contributed by atoms with van der Waals surface area (Å²) in [7, 11) is -7.11. The predicted molar refractivity (Wildman–Crippen MR) is 105 cm³/mol. The quantitative estimate of drug-likeness (QED) is 0.195. The zero-order valence-corrected chi connectivity index (χ0v) is 20.9. The minimum Gasteiger partial charge on any atom is -0.477 e. The van der Waals surface area contributed by atoms with Crippen LogP contribution in [-0.4, -0.2) is 103 Å². The maximum atomic E-state index is 14.4. The van der Waals surface area contributed by atoms with Gasteiger partial charge in [0.15, 0.2) is 6.54 Å². The molecule has 0 fully saturated rings. The SMILES string of the molecule is CCCN(CCC[N+](CC)(CC)CC(=O)O)S(=O)(=O)C(F)(F)C(F)(F)C(F)(F)C(F)(F)C(F)(F)C(F)(F)F. The van der Waals surface area contributed by atoms with E-state index in [0.29, 0.717) is 0 Å². The van der Waals surface area contributed by atoms with Crippen molar-refractivity contribution in [1.82, 2.24) is 4.31 Å². The Labute approximate surface area is 209 Å². The Kier molecular flexibility index (Phi) is 11.0. The Hall–Kier alpha value is -1.57. The second kappa shape index (κ2) is 11.5. The largest absolute Gasteiger partial charge is 0.477 e. The van der Waals surface area contributed by atoms with E-state index < -0.39 is 87.9 Å². The lowest BCUT2D eigenvalue weighted by atomic mass is 9.98. The topological polar surface area (TPSA) is 74.7 Å². The first-order valence-electron chi connectivity index (χ1n) is 10.7. The third-order valence-corrected chi connectivity index (χ3v) is 7.84. The Morgan fingerprint density at radius 3 is 1.50 bits per heavy atom. The molecule has 0 rings (SSSR count). The first kappa shape index (κ1) is 36.4. The van der Waals surface area contributed by atoms with E-state index in [4.69, 9.17) is 5.11 Å². The van der Waals surface area contributed by atoms with E-state index in [1.54, 1.807) is 0 Å². The first-order valence-corrected chi connectivity index (χ1v) is 12.2. The van der Waals surface area contributed by atoms with E-state index in [1.165, 1.54) is 13.8 Å². The van der Waals surface area contributed by atoms with Gasteiger partial charge in [0.1, 0.15) is 0 Å². The van der Waals surface area contributed by atoms with Crippen LogP contribution < -0.4 is 0 Å². The van der Waals surface area contributed by atoms with Crippen LogP contribution >= 0.6 is 0 Å². The highest BCUT2D eigenvalue weighted by molar-refractivity contribution is 7.90. The molecule has 0 aromatic rings. The van der Waals surface area contributed by atoms with Gasteiger partial charge in [0.05, 0.1) is 19.6 Å². The molecule has 0 unspecified atom stereocenters. The maximum Gasteiger partial charge on any atom is 0.460 e. The van der Waals surface area contributed by atoms with Crippen molar-refractivity contribution >= 4 is 16.0 Å². The Balaban J connectivity index is 6.46. The molecule has 0 aliphatic heterocycles. The summed E-state index contributed by atoms with van der Waals surface area (Å²) in [5, 5.41) is 1.72. The van der Waals surface area contributed by atoms with E-state index >= 15 is 0 Å². The molecule has 1 N–H and O–H groups in total. The van der Waals surface area contributed by atoms with Gasteiger partial charge >= 0.3 is 41.1 Å². The van der Waals surface area contributed by atoms with Crippen molar-refractivity contribution < 1.29 is 79.9 Å². The van der Waals surface area contributed by atoms with Gasteiger partial charge < -0.3 is 9.59 Å². The molecule has 0 atom stereocenters. The molecular formula is C18H26F13N2O4S+. The third kappa shape index (κ3) is 6.10. The minimum atomic E-state index is -8.23. The number of nitrogens with zero attached hydrogens (tertiary/aromatic N) is 2. The van der Waals surface area contributed by atoms with Gasteiger partial charge in [0.2, 0.25) is 0 Å². The average molecular weight is 613 g/mol. The average Bonchev–Trinajstić information content (AvgIpc) is 2.75. The molecule has 38 heavy (non-hydrogen) atoms. The second-order valence-corrected chi connectivity index (χ2v) is 10.3. The second-order valence-electron chi connectivity index (χ2n) is 8.32. The van der Waals surface area contributed by atoms with Crippen molar-refractivity contribution in [3.63, 3.8) is 0 Å². The van der Waals surface area contributed by atoms with Crippen LogP contribution in [-0.2, 0) is 14.8 Å². The van der Waals surface area contributed by atoms with Crippen LogP contribution in [0.2, 0.25) is 0 Å². The fraction of sp³-hybridized carbons (Fsp3) is 0.944. The van der Waals surface area contributed by atoms with Crippen LogP contribution in [0.25, 0.3) is 0 Å². The molecule has 228 valence electrons. The molecule has 0 saturated carbocycles. The van der Waals surface area contributed by atoms with Crippen LogP contribution in [0.5, 0.6) is 0 Å². The lowest BCUT2D eigenvalue weighted by molar-refractivity contribution is -0.918. The number of hydrogen-bond donors (Lipinski definition) is 1. The number of likely N-dealkylation sites (N-methyl/N-ethyl adjacent to an activating group) is 1. The van der Waals surface area contributed by atoms with Crippen LogP contribution in [0.1, 0.15) is 33.6 Å². The van der Waals surface area contributed by atoms with Gasteiger partial charge in [-0.15, -0.1) is 0 Å². The van der Waals surface area contributed by atoms with Gasteiger partial charge in [-0.2, -0.15) is 61.4 Å². The highest BCUT2D eigenvalue weighted by Gasteiger charge is 2.92. The molecule has 20 heteroatoms. The van der Waals surface area contributed by atoms with Gasteiger partial charge in [0, 0.05) is 19.5 Å². The third-order valence-electron chi connectivity index (χ3n) is 5.89. The monoisotopic (exact) mass is 613 g/mol. The normalized spacial score (nSPS) is 15.3. The zero-order valence-electron chi connectivity index (χ0n) is 20.0. The van der Waals surface area contributed by atoms with Crippen LogP contribution in [0, 0.1) is 0 Å². The summed E-state index contributed by atoms with van der Waals surface area (Å²) >= 11 is 0. The summed E-state index contributed by atoms with van der Waals surface area (Å²) in [4.78, 5) is 11.1. The predicted octanol–water partition coefficient (Wildman–Crippen LogP) is 5.06. The number of rotatable bonds is 16. The number of quaternary nitrogens is 1. The molecular weight excluding hydrogens is 587 g/mol. The van der Waals surface area contributed by atoms with E-state index in [-0.39, 0.29) is 24.1 Å². The highest BCUT2D eigenvalue weighted by Crippen LogP contribution is 2.61. The van der Waals surface area contributed by atoms with Gasteiger partial charge in [-0.25, -0.2) is 13.2 Å². The van der Waals surface area contributed by atoms with Gasteiger partial charge in [-0.3, -0.25) is 0 Å². The Morgan fingerprint density at radius 2 is 1.16 bits per heavy atom. The molecule has 0 aromatic carbocycles. The molecule has 0 aromatic heterocycles. The van der Waals surface area contributed by atoms with Crippen molar-refractivity contribution in [3.05, 3.63) is 0 Å². The Morgan fingerprint density at radius 1 is 0.737 bits per heavy atom. The Bertz CT molecular complexity index is 920. The summed E-state index contributed by atoms with van der Waals surface area (Å²) in [6.07, 6.45) is -8.61. The molecule has 0 radical (unpaired) electrons. The van der Waals surface area contributed by atoms with Crippen molar-refractivity contribution in [2.45, 2.75) is 68.7 Å². The maximum absolute atomic E-state index is 14.4. The number of hydrogen-bond acceptors (Lipinski definition) is 3. The number of halogens is 13. The molecule has 0 aliphatic rings. The number of carboxylic acids is 1. The summed E-state index contributed by atoms with van der Waals surface area (Å²) in [6, 6.07) is 0. The molecule has 0 amide bonds. The smallest absolute Gasteiger partial charge is 0.460 e. The minimum absolute atomic E-state index is 0.103. The van der Waals surface area contributed by atoms with E-state index in [1.807, 2.05) is 0 Å². The number of sulfonamides is 1. The highest BCUT2D eigenvalue weighted by atomic mass is 32.2. The summed E-state index contributed by atoms with van der Waals surface area (Å²) < 4.78 is 198. The van der Waals surface area contributed by atoms with Crippen LogP contribution in [0.4, 0.5) is 57.1 Å². The zero-order chi connectivity index (χ0) is 30.8. The molecule has 6 nitrogen and oxygen atoms in total. The van der Waals surface area contributed by atoms with E-state index in [9.17, 15) is 70.3 Å². The number of carboxylic acid groups (broad SMARTS) is 1. The van der Waals surface area contributed by atoms with Gasteiger partial charge in [-0.05, 0) is 20.3 Å². The molecule has 0 bridgehead atoms. The van der Waals surface area contributed by atoms with Crippen molar-refractivity contribution in [1.29, 1.82) is 0 Å². The summed E-state index contributed by atoms with van der Waals surface area (Å²) in [5.74, 6) is -33.7. The number of alkyl halides is 13. The van der Waals surface area contributed by atoms with Crippen LogP contribution in [0.15, 0.2) is 0 Å². The first-order chi connectivity index (χ1) is 16.7.